The first-order chi connectivity index (χ1) is 20.2. The van der Waals surface area contributed by atoms with Crippen LogP contribution in [0.4, 0.5) is 11.4 Å². The maximum absolute atomic E-state index is 13.1. The molecule has 0 saturated heterocycles. The molecule has 1 heterocycles. The topological polar surface area (TPSA) is 121 Å². The SMILES string of the molecule is COCC#Cc1cccc2oc(C(=O)Nc3ccc(-c4ccc(N(C(C(=O)OC)C(C)C)S(=O)[O-])cc4)cc3)c(C)c12. The van der Waals surface area contributed by atoms with Crippen molar-refractivity contribution in [2.75, 3.05) is 30.4 Å². The van der Waals surface area contributed by atoms with Crippen LogP contribution in [-0.4, -0.2) is 47.5 Å². The highest BCUT2D eigenvalue weighted by Gasteiger charge is 2.31. The number of furan rings is 1. The molecule has 0 aliphatic heterocycles. The van der Waals surface area contributed by atoms with Crippen LogP contribution in [0.2, 0.25) is 0 Å². The number of methoxy groups -OCH3 is 2. The Hall–Kier alpha value is -4.43. The minimum atomic E-state index is -2.69. The van der Waals surface area contributed by atoms with Gasteiger partial charge < -0.3 is 23.8 Å². The number of benzene rings is 3. The summed E-state index contributed by atoms with van der Waals surface area (Å²) in [5, 5.41) is 3.67. The van der Waals surface area contributed by atoms with Gasteiger partial charge in [0.2, 0.25) is 0 Å². The minimum absolute atomic E-state index is 0.206. The number of nitrogens with zero attached hydrogens (tertiary/aromatic N) is 1. The van der Waals surface area contributed by atoms with Gasteiger partial charge in [-0.25, -0.2) is 4.79 Å². The third-order valence-electron chi connectivity index (χ3n) is 6.68. The van der Waals surface area contributed by atoms with Gasteiger partial charge in [0.25, 0.3) is 5.91 Å². The molecule has 4 aromatic rings. The van der Waals surface area contributed by atoms with Crippen LogP contribution in [0.3, 0.4) is 0 Å². The van der Waals surface area contributed by atoms with E-state index < -0.39 is 23.3 Å². The van der Waals surface area contributed by atoms with E-state index in [1.165, 1.54) is 7.11 Å². The lowest BCUT2D eigenvalue weighted by Gasteiger charge is -2.35. The Kier molecular flexibility index (Phi) is 9.80. The molecule has 0 radical (unpaired) electrons. The fraction of sp³-hybridized carbons (Fsp3) is 0.250. The molecule has 42 heavy (non-hydrogen) atoms. The third kappa shape index (κ3) is 6.55. The van der Waals surface area contributed by atoms with Crippen LogP contribution in [0.25, 0.3) is 22.1 Å². The molecule has 1 amide bonds. The maximum atomic E-state index is 13.1. The smallest absolute Gasteiger partial charge is 0.329 e. The van der Waals surface area contributed by atoms with Gasteiger partial charge in [-0.05, 0) is 60.4 Å². The summed E-state index contributed by atoms with van der Waals surface area (Å²) >= 11 is -2.69. The fourth-order valence-corrected chi connectivity index (χ4v) is 5.47. The van der Waals surface area contributed by atoms with Crippen molar-refractivity contribution in [1.82, 2.24) is 0 Å². The standard InChI is InChI=1S/C32H32N2O7S/c1-20(2)29(32(36)40-5)34(42(37)38)26-17-13-23(14-18-26)22-11-15-25(16-12-22)33-31(35)30-21(3)28-24(9-7-19-39-4)8-6-10-27(28)41-30/h6,8,10-18,20,29H,19H2,1-5H3,(H,33,35)(H,37,38)/p-1. The summed E-state index contributed by atoms with van der Waals surface area (Å²) in [6.07, 6.45) is 0. The fourth-order valence-electron chi connectivity index (χ4n) is 4.66. The summed E-state index contributed by atoms with van der Waals surface area (Å²) in [5.41, 5.74) is 4.62. The monoisotopic (exact) mass is 587 g/mol. The van der Waals surface area contributed by atoms with Crippen LogP contribution >= 0.6 is 0 Å². The van der Waals surface area contributed by atoms with Crippen molar-refractivity contribution >= 4 is 45.5 Å². The van der Waals surface area contributed by atoms with Gasteiger partial charge >= 0.3 is 5.97 Å². The van der Waals surface area contributed by atoms with Crippen molar-refractivity contribution in [2.24, 2.45) is 5.92 Å². The average Bonchev–Trinajstić information content (AvgIpc) is 3.33. The molecule has 9 nitrogen and oxygen atoms in total. The van der Waals surface area contributed by atoms with Gasteiger partial charge in [0.1, 0.15) is 18.2 Å². The van der Waals surface area contributed by atoms with E-state index in [-0.39, 0.29) is 17.6 Å². The molecule has 1 N–H and O–H groups in total. The molecule has 0 saturated carbocycles. The predicted molar refractivity (Wildman–Crippen MR) is 162 cm³/mol. The molecule has 0 spiro atoms. The number of nitrogens with one attached hydrogen (secondary N) is 1. The Morgan fingerprint density at radius 3 is 2.24 bits per heavy atom. The highest BCUT2D eigenvalue weighted by Crippen LogP contribution is 2.30. The minimum Gasteiger partial charge on any atom is -0.755 e. The van der Waals surface area contributed by atoms with Crippen molar-refractivity contribution in [3.63, 3.8) is 0 Å². The second-order valence-electron chi connectivity index (χ2n) is 9.80. The average molecular weight is 588 g/mol. The summed E-state index contributed by atoms with van der Waals surface area (Å²) < 4.78 is 40.9. The number of carbonyl (C=O) groups is 2. The van der Waals surface area contributed by atoms with Crippen molar-refractivity contribution in [3.05, 3.63) is 83.6 Å². The van der Waals surface area contributed by atoms with Crippen molar-refractivity contribution in [1.29, 1.82) is 0 Å². The first kappa shape index (κ1) is 30.5. The second-order valence-corrected chi connectivity index (χ2v) is 10.6. The van der Waals surface area contributed by atoms with Gasteiger partial charge in [0, 0.05) is 46.3 Å². The molecule has 0 bridgehead atoms. The largest absolute Gasteiger partial charge is 0.755 e. The Morgan fingerprint density at radius 1 is 1.02 bits per heavy atom. The lowest BCUT2D eigenvalue weighted by molar-refractivity contribution is -0.142. The van der Waals surface area contributed by atoms with Gasteiger partial charge in [-0.2, -0.15) is 0 Å². The molecule has 3 aromatic carbocycles. The summed E-state index contributed by atoms with van der Waals surface area (Å²) in [4.78, 5) is 25.4. The number of anilines is 2. The molecule has 0 fully saturated rings. The quantitative estimate of drug-likeness (QED) is 0.157. The Bertz CT molecular complexity index is 1670. The zero-order valence-electron chi connectivity index (χ0n) is 23.9. The van der Waals surface area contributed by atoms with E-state index >= 15 is 0 Å². The number of carbonyl (C=O) groups excluding carboxylic acids is 2. The highest BCUT2D eigenvalue weighted by molar-refractivity contribution is 7.80. The zero-order chi connectivity index (χ0) is 30.4. The van der Waals surface area contributed by atoms with Crippen LogP contribution in [0.1, 0.15) is 35.5 Å². The third-order valence-corrected chi connectivity index (χ3v) is 7.44. The Morgan fingerprint density at radius 2 is 1.67 bits per heavy atom. The molecule has 218 valence electrons. The summed E-state index contributed by atoms with van der Waals surface area (Å²) in [6.45, 7) is 5.63. The number of rotatable bonds is 9. The van der Waals surface area contributed by atoms with E-state index in [0.29, 0.717) is 29.1 Å². The van der Waals surface area contributed by atoms with Gasteiger partial charge in [0.15, 0.2) is 5.76 Å². The van der Waals surface area contributed by atoms with Crippen molar-refractivity contribution < 1.29 is 32.2 Å². The molecule has 2 unspecified atom stereocenters. The zero-order valence-corrected chi connectivity index (χ0v) is 24.7. The van der Waals surface area contributed by atoms with Gasteiger partial charge in [0.05, 0.1) is 7.11 Å². The van der Waals surface area contributed by atoms with E-state index in [2.05, 4.69) is 17.2 Å². The van der Waals surface area contributed by atoms with E-state index in [4.69, 9.17) is 13.9 Å². The number of ether oxygens (including phenoxy) is 2. The second kappa shape index (κ2) is 13.5. The van der Waals surface area contributed by atoms with E-state index in [9.17, 15) is 18.4 Å². The van der Waals surface area contributed by atoms with E-state index in [1.54, 1.807) is 63.4 Å². The normalized spacial score (nSPS) is 12.4. The first-order valence-electron chi connectivity index (χ1n) is 13.1. The molecular weight excluding hydrogens is 556 g/mol. The lowest BCUT2D eigenvalue weighted by atomic mass is 10.0. The summed E-state index contributed by atoms with van der Waals surface area (Å²) in [6, 6.07) is 18.5. The van der Waals surface area contributed by atoms with Crippen LogP contribution < -0.4 is 9.62 Å². The van der Waals surface area contributed by atoms with Crippen LogP contribution in [0.5, 0.6) is 0 Å². The molecule has 2 atom stereocenters. The maximum Gasteiger partial charge on any atom is 0.329 e. The first-order valence-corrected chi connectivity index (χ1v) is 14.2. The number of fused-ring (bicyclic) bond motifs is 1. The van der Waals surface area contributed by atoms with Crippen LogP contribution in [0.15, 0.2) is 71.1 Å². The predicted octanol–water partition coefficient (Wildman–Crippen LogP) is 5.46. The number of esters is 1. The van der Waals surface area contributed by atoms with Crippen LogP contribution in [-0.2, 0) is 25.5 Å². The molecule has 10 heteroatoms. The van der Waals surface area contributed by atoms with Crippen molar-refractivity contribution in [2.45, 2.75) is 26.8 Å². The number of amides is 1. The molecule has 0 aliphatic carbocycles. The van der Waals surface area contributed by atoms with E-state index in [0.717, 1.165) is 26.4 Å². The van der Waals surface area contributed by atoms with Crippen molar-refractivity contribution in [3.8, 4) is 23.0 Å². The summed E-state index contributed by atoms with van der Waals surface area (Å²) in [7, 11) is 2.81. The Balaban J connectivity index is 1.52. The van der Waals surface area contributed by atoms with Gasteiger partial charge in [-0.15, -0.1) is 0 Å². The summed E-state index contributed by atoms with van der Waals surface area (Å²) in [5.74, 6) is 4.88. The van der Waals surface area contributed by atoms with E-state index in [1.807, 2.05) is 31.2 Å². The molecule has 0 aliphatic rings. The highest BCUT2D eigenvalue weighted by atomic mass is 32.2. The number of hydrogen-bond acceptors (Lipinski definition) is 7. The molecule has 1 aromatic heterocycles. The lowest BCUT2D eigenvalue weighted by Crippen LogP contribution is -2.46. The van der Waals surface area contributed by atoms with Gasteiger partial charge in [-0.1, -0.05) is 56.0 Å². The Labute approximate surface area is 247 Å². The number of aryl methyl sites for hydroxylation is 1. The molecular formula is C32H31N2O7S-. The number of hydrogen-bond donors (Lipinski definition) is 1. The van der Waals surface area contributed by atoms with Gasteiger partial charge in [-0.3, -0.25) is 13.3 Å². The molecule has 4 rings (SSSR count). The van der Waals surface area contributed by atoms with Crippen LogP contribution in [0, 0.1) is 24.7 Å².